The predicted octanol–water partition coefficient (Wildman–Crippen LogP) is 6.82. The Hall–Kier alpha value is -4.26. The molecule has 0 unspecified atom stereocenters. The van der Waals surface area contributed by atoms with Gasteiger partial charge in [-0.2, -0.15) is 0 Å². The van der Waals surface area contributed by atoms with E-state index >= 15 is 0 Å². The van der Waals surface area contributed by atoms with Crippen molar-refractivity contribution in [2.45, 2.75) is 33.2 Å². The summed E-state index contributed by atoms with van der Waals surface area (Å²) in [5, 5.41) is 6.70. The molecule has 3 heterocycles. The van der Waals surface area contributed by atoms with Crippen molar-refractivity contribution in [2.24, 2.45) is 0 Å². The number of fused-ring (bicyclic) bond motifs is 1. The van der Waals surface area contributed by atoms with Gasteiger partial charge in [0.2, 0.25) is 0 Å². The SMILES string of the molecule is Cc1cc(C)nc(CNCCCc2ccc(NC(=O)C(=O)c3c(-c4ccccc4)cc4ccc(Cl)cn34)cc2)c1. The molecule has 0 saturated carbocycles. The minimum Gasteiger partial charge on any atom is -0.319 e. The van der Waals surface area contributed by atoms with Gasteiger partial charge >= 0.3 is 0 Å². The molecule has 5 rings (SSSR count). The number of nitrogens with zero attached hydrogens (tertiary/aromatic N) is 2. The summed E-state index contributed by atoms with van der Waals surface area (Å²) >= 11 is 6.23. The molecule has 0 spiro atoms. The molecular weight excluding hydrogens is 520 g/mol. The Labute approximate surface area is 239 Å². The van der Waals surface area contributed by atoms with E-state index in [1.165, 1.54) is 5.56 Å². The summed E-state index contributed by atoms with van der Waals surface area (Å²) in [6.45, 7) is 5.72. The van der Waals surface area contributed by atoms with Crippen molar-refractivity contribution in [3.8, 4) is 11.1 Å². The zero-order valence-electron chi connectivity index (χ0n) is 22.6. The number of aromatic nitrogens is 2. The molecule has 0 saturated heterocycles. The van der Waals surface area contributed by atoms with Crippen molar-refractivity contribution in [3.63, 3.8) is 0 Å². The Morgan fingerprint density at radius 3 is 2.45 bits per heavy atom. The second-order valence-electron chi connectivity index (χ2n) is 9.95. The monoisotopic (exact) mass is 550 g/mol. The minimum atomic E-state index is -0.700. The number of aryl methyl sites for hydroxylation is 3. The molecule has 2 N–H and O–H groups in total. The third-order valence-corrected chi connectivity index (χ3v) is 6.95. The number of amides is 1. The van der Waals surface area contributed by atoms with Gasteiger partial charge in [0.25, 0.3) is 11.7 Å². The Balaban J connectivity index is 1.21. The van der Waals surface area contributed by atoms with E-state index in [-0.39, 0.29) is 5.69 Å². The summed E-state index contributed by atoms with van der Waals surface area (Å²) in [6, 6.07) is 26.8. The van der Waals surface area contributed by atoms with E-state index in [0.717, 1.165) is 54.0 Å². The number of hydrogen-bond acceptors (Lipinski definition) is 4. The highest BCUT2D eigenvalue weighted by Gasteiger charge is 2.25. The van der Waals surface area contributed by atoms with E-state index in [9.17, 15) is 9.59 Å². The maximum absolute atomic E-state index is 13.5. The number of benzene rings is 2. The van der Waals surface area contributed by atoms with Gasteiger partial charge in [0.05, 0.1) is 10.7 Å². The quantitative estimate of drug-likeness (QED) is 0.114. The maximum Gasteiger partial charge on any atom is 0.298 e. The van der Waals surface area contributed by atoms with Gasteiger partial charge in [0.1, 0.15) is 5.69 Å². The van der Waals surface area contributed by atoms with Crippen LogP contribution in [0.3, 0.4) is 0 Å². The first-order chi connectivity index (χ1) is 19.4. The van der Waals surface area contributed by atoms with Gasteiger partial charge in [0, 0.05) is 35.2 Å². The topological polar surface area (TPSA) is 75.5 Å². The van der Waals surface area contributed by atoms with Crippen molar-refractivity contribution < 1.29 is 9.59 Å². The van der Waals surface area contributed by atoms with Crippen LogP contribution in [0, 0.1) is 13.8 Å². The van der Waals surface area contributed by atoms with Crippen LogP contribution >= 0.6 is 11.6 Å². The van der Waals surface area contributed by atoms with Crippen molar-refractivity contribution in [1.29, 1.82) is 0 Å². The first-order valence-electron chi connectivity index (χ1n) is 13.3. The molecule has 0 radical (unpaired) electrons. The fourth-order valence-corrected chi connectivity index (χ4v) is 5.07. The lowest BCUT2D eigenvalue weighted by atomic mass is 10.0. The minimum absolute atomic E-state index is 0.279. The zero-order chi connectivity index (χ0) is 28.1. The van der Waals surface area contributed by atoms with Crippen LogP contribution in [0.5, 0.6) is 0 Å². The van der Waals surface area contributed by atoms with Crippen molar-refractivity contribution >= 4 is 34.5 Å². The third kappa shape index (κ3) is 6.47. The number of hydrogen-bond donors (Lipinski definition) is 2. The second kappa shape index (κ2) is 12.3. The van der Waals surface area contributed by atoms with E-state index < -0.39 is 11.7 Å². The molecule has 0 fully saturated rings. The van der Waals surface area contributed by atoms with Gasteiger partial charge < -0.3 is 15.0 Å². The number of pyridine rings is 2. The third-order valence-electron chi connectivity index (χ3n) is 6.73. The first kappa shape index (κ1) is 27.3. The van der Waals surface area contributed by atoms with E-state index in [4.69, 9.17) is 11.6 Å². The van der Waals surface area contributed by atoms with Crippen LogP contribution in [0.2, 0.25) is 5.02 Å². The van der Waals surface area contributed by atoms with E-state index in [2.05, 4.69) is 34.7 Å². The molecule has 3 aromatic heterocycles. The predicted molar refractivity (Wildman–Crippen MR) is 161 cm³/mol. The van der Waals surface area contributed by atoms with E-state index in [0.29, 0.717) is 16.3 Å². The lowest BCUT2D eigenvalue weighted by Gasteiger charge is -2.09. The number of carbonyl (C=O) groups is 2. The summed E-state index contributed by atoms with van der Waals surface area (Å²) in [5.41, 5.74) is 7.64. The van der Waals surface area contributed by atoms with Gasteiger partial charge in [-0.15, -0.1) is 0 Å². The molecule has 7 heteroatoms. The fraction of sp³-hybridized carbons (Fsp3) is 0.182. The van der Waals surface area contributed by atoms with Crippen LogP contribution in [0.15, 0.2) is 91.1 Å². The summed E-state index contributed by atoms with van der Waals surface area (Å²) in [7, 11) is 0. The number of carbonyl (C=O) groups excluding carboxylic acids is 2. The molecule has 5 aromatic rings. The van der Waals surface area contributed by atoms with Gasteiger partial charge in [0.15, 0.2) is 0 Å². The van der Waals surface area contributed by atoms with Gasteiger partial charge in [-0.1, -0.05) is 54.1 Å². The summed E-state index contributed by atoms with van der Waals surface area (Å²) in [6.07, 6.45) is 3.53. The van der Waals surface area contributed by atoms with Crippen LogP contribution in [-0.4, -0.2) is 27.6 Å². The van der Waals surface area contributed by atoms with Crippen molar-refractivity contribution in [2.75, 3.05) is 11.9 Å². The Bertz CT molecular complexity index is 1640. The lowest BCUT2D eigenvalue weighted by molar-refractivity contribution is -0.112. The first-order valence-corrected chi connectivity index (χ1v) is 13.7. The fourth-order valence-electron chi connectivity index (χ4n) is 4.91. The van der Waals surface area contributed by atoms with Gasteiger partial charge in [-0.3, -0.25) is 14.6 Å². The molecule has 0 atom stereocenters. The highest BCUT2D eigenvalue weighted by atomic mass is 35.5. The molecule has 0 aliphatic carbocycles. The van der Waals surface area contributed by atoms with E-state index in [1.54, 1.807) is 16.7 Å². The molecule has 40 heavy (non-hydrogen) atoms. The summed E-state index contributed by atoms with van der Waals surface area (Å²) in [5.74, 6) is -1.33. The van der Waals surface area contributed by atoms with E-state index in [1.807, 2.05) is 73.7 Å². The van der Waals surface area contributed by atoms with Gasteiger partial charge in [-0.25, -0.2) is 0 Å². The smallest absolute Gasteiger partial charge is 0.298 e. The summed E-state index contributed by atoms with van der Waals surface area (Å²) < 4.78 is 1.68. The van der Waals surface area contributed by atoms with Gasteiger partial charge in [-0.05, 0) is 92.4 Å². The summed E-state index contributed by atoms with van der Waals surface area (Å²) in [4.78, 5) is 31.1. The number of rotatable bonds is 10. The van der Waals surface area contributed by atoms with Crippen LogP contribution in [-0.2, 0) is 17.8 Å². The number of Topliss-reactive ketones (excluding diaryl/α,β-unsaturated/α-hetero) is 1. The normalized spacial score (nSPS) is 11.1. The number of halogens is 1. The Morgan fingerprint density at radius 1 is 0.925 bits per heavy atom. The highest BCUT2D eigenvalue weighted by Crippen LogP contribution is 2.29. The number of nitrogens with one attached hydrogen (secondary N) is 2. The maximum atomic E-state index is 13.5. The lowest BCUT2D eigenvalue weighted by Crippen LogP contribution is -2.24. The molecule has 0 bridgehead atoms. The zero-order valence-corrected chi connectivity index (χ0v) is 23.3. The molecule has 6 nitrogen and oxygen atoms in total. The Kier molecular flexibility index (Phi) is 8.39. The Morgan fingerprint density at radius 2 is 1.70 bits per heavy atom. The average Bonchev–Trinajstić information content (AvgIpc) is 3.32. The van der Waals surface area contributed by atoms with Crippen LogP contribution in [0.25, 0.3) is 16.6 Å². The van der Waals surface area contributed by atoms with Crippen molar-refractivity contribution in [3.05, 3.63) is 124 Å². The molecule has 0 aliphatic rings. The molecular formula is C33H31ClN4O2. The largest absolute Gasteiger partial charge is 0.319 e. The van der Waals surface area contributed by atoms with Crippen LogP contribution < -0.4 is 10.6 Å². The molecule has 1 amide bonds. The molecule has 2 aromatic carbocycles. The average molecular weight is 551 g/mol. The molecule has 0 aliphatic heterocycles. The number of ketones is 1. The standard InChI is InChI=1S/C33H31ClN4O2/c1-22-17-23(2)36-28(18-22)20-35-16-6-7-24-10-13-27(14-11-24)37-33(40)32(39)31-30(25-8-4-3-5-9-25)19-29-15-12-26(34)21-38(29)31/h3-5,8-15,17-19,21,35H,6-7,16,20H2,1-2H3,(H,37,40). The second-order valence-corrected chi connectivity index (χ2v) is 10.4. The van der Waals surface area contributed by atoms with Crippen LogP contribution in [0.4, 0.5) is 5.69 Å². The highest BCUT2D eigenvalue weighted by molar-refractivity contribution is 6.47. The molecule has 202 valence electrons. The van der Waals surface area contributed by atoms with Crippen LogP contribution in [0.1, 0.15) is 39.4 Å². The number of anilines is 1. The van der Waals surface area contributed by atoms with Crippen molar-refractivity contribution in [1.82, 2.24) is 14.7 Å².